The molecule has 0 saturated carbocycles. The minimum Gasteiger partial charge on any atom is -0.324 e. The first-order chi connectivity index (χ1) is 11.2. The quantitative estimate of drug-likeness (QED) is 0.859. The second-order valence-corrected chi connectivity index (χ2v) is 9.02. The molecule has 1 aliphatic heterocycles. The molecule has 6 nitrogen and oxygen atoms in total. The number of benzene rings is 1. The highest BCUT2D eigenvalue weighted by molar-refractivity contribution is 7.89. The molecule has 1 aromatic rings. The highest BCUT2D eigenvalue weighted by Gasteiger charge is 2.21. The molecule has 1 aliphatic rings. The summed E-state index contributed by atoms with van der Waals surface area (Å²) in [5.74, 6) is 0.397. The number of amides is 1. The molecule has 1 N–H and O–H groups in total. The fraction of sp³-hybridized carbons (Fsp3) is 0.562. The summed E-state index contributed by atoms with van der Waals surface area (Å²) in [5.41, 5.74) is 0.314. The standard InChI is InChI=1S/C16H24ClN3O3S/c1-12-5-4-8-20(10-12)11-16(21)18-15-9-13(6-7-14(15)17)24(22,23)19(2)3/h6-7,9,12H,4-5,8,10-11H2,1-3H3,(H,18,21). The Kier molecular flexibility index (Phi) is 6.25. The van der Waals surface area contributed by atoms with Crippen LogP contribution in [0.15, 0.2) is 23.1 Å². The van der Waals surface area contributed by atoms with E-state index in [1.807, 2.05) is 0 Å². The van der Waals surface area contributed by atoms with Crippen LogP contribution in [0.2, 0.25) is 5.02 Å². The molecule has 0 aromatic heterocycles. The largest absolute Gasteiger partial charge is 0.324 e. The number of nitrogens with one attached hydrogen (secondary N) is 1. The van der Waals surface area contributed by atoms with Gasteiger partial charge in [0.2, 0.25) is 15.9 Å². The fourth-order valence-corrected chi connectivity index (χ4v) is 3.89. The van der Waals surface area contributed by atoms with Crippen molar-refractivity contribution >= 4 is 33.2 Å². The molecular weight excluding hydrogens is 350 g/mol. The van der Waals surface area contributed by atoms with Crippen LogP contribution < -0.4 is 5.32 Å². The lowest BCUT2D eigenvalue weighted by Crippen LogP contribution is -2.39. The van der Waals surface area contributed by atoms with E-state index >= 15 is 0 Å². The van der Waals surface area contributed by atoms with Crippen molar-refractivity contribution in [3.05, 3.63) is 23.2 Å². The van der Waals surface area contributed by atoms with Gasteiger partial charge in [0.15, 0.2) is 0 Å². The van der Waals surface area contributed by atoms with E-state index in [0.717, 1.165) is 23.8 Å². The second-order valence-electron chi connectivity index (χ2n) is 6.46. The number of anilines is 1. The molecule has 0 spiro atoms. The summed E-state index contributed by atoms with van der Waals surface area (Å²) in [5, 5.41) is 3.04. The maximum Gasteiger partial charge on any atom is 0.242 e. The Morgan fingerprint density at radius 1 is 1.42 bits per heavy atom. The van der Waals surface area contributed by atoms with E-state index in [4.69, 9.17) is 11.6 Å². The van der Waals surface area contributed by atoms with Gasteiger partial charge >= 0.3 is 0 Å². The predicted molar refractivity (Wildman–Crippen MR) is 95.8 cm³/mol. The number of sulfonamides is 1. The average molecular weight is 374 g/mol. The van der Waals surface area contributed by atoms with Crippen molar-refractivity contribution in [2.45, 2.75) is 24.7 Å². The number of piperidine rings is 1. The van der Waals surface area contributed by atoms with E-state index in [2.05, 4.69) is 17.1 Å². The first kappa shape index (κ1) is 19.2. The summed E-state index contributed by atoms with van der Waals surface area (Å²) in [6.07, 6.45) is 2.28. The highest BCUT2D eigenvalue weighted by atomic mass is 35.5. The Balaban J connectivity index is 2.10. The van der Waals surface area contributed by atoms with Crippen LogP contribution in [-0.4, -0.2) is 57.3 Å². The number of hydrogen-bond donors (Lipinski definition) is 1. The van der Waals surface area contributed by atoms with Gasteiger partial charge in [0, 0.05) is 20.6 Å². The molecule has 1 fully saturated rings. The first-order valence-corrected chi connectivity index (χ1v) is 9.76. The van der Waals surface area contributed by atoms with Crippen LogP contribution in [0, 0.1) is 5.92 Å². The highest BCUT2D eigenvalue weighted by Crippen LogP contribution is 2.26. The van der Waals surface area contributed by atoms with Crippen molar-refractivity contribution in [1.82, 2.24) is 9.21 Å². The van der Waals surface area contributed by atoms with Gasteiger partial charge in [-0.25, -0.2) is 12.7 Å². The number of carbonyl (C=O) groups excluding carboxylic acids is 1. The van der Waals surface area contributed by atoms with Crippen molar-refractivity contribution in [2.75, 3.05) is 39.0 Å². The van der Waals surface area contributed by atoms with Gasteiger partial charge in [-0.05, 0) is 43.5 Å². The molecule has 0 aliphatic carbocycles. The molecule has 8 heteroatoms. The summed E-state index contributed by atoms with van der Waals surface area (Å²) in [7, 11) is -0.657. The first-order valence-electron chi connectivity index (χ1n) is 7.94. The summed E-state index contributed by atoms with van der Waals surface area (Å²) >= 11 is 6.10. The van der Waals surface area contributed by atoms with Crippen molar-refractivity contribution in [2.24, 2.45) is 5.92 Å². The second kappa shape index (κ2) is 7.82. The number of likely N-dealkylation sites (tertiary alicyclic amines) is 1. The van der Waals surface area contributed by atoms with Crippen LogP contribution in [0.5, 0.6) is 0 Å². The lowest BCUT2D eigenvalue weighted by Gasteiger charge is -2.30. The van der Waals surface area contributed by atoms with Gasteiger partial charge in [-0.1, -0.05) is 18.5 Å². The third-order valence-electron chi connectivity index (χ3n) is 4.10. The summed E-state index contributed by atoms with van der Waals surface area (Å²) < 4.78 is 25.5. The molecule has 24 heavy (non-hydrogen) atoms. The Morgan fingerprint density at radius 2 is 2.12 bits per heavy atom. The fourth-order valence-electron chi connectivity index (χ4n) is 2.79. The van der Waals surface area contributed by atoms with Crippen LogP contribution >= 0.6 is 11.6 Å². The van der Waals surface area contributed by atoms with Gasteiger partial charge in [0.25, 0.3) is 0 Å². The van der Waals surface area contributed by atoms with Crippen LogP contribution in [0.1, 0.15) is 19.8 Å². The zero-order valence-electron chi connectivity index (χ0n) is 14.3. The third-order valence-corrected chi connectivity index (χ3v) is 6.24. The van der Waals surface area contributed by atoms with Gasteiger partial charge in [-0.15, -0.1) is 0 Å². The van der Waals surface area contributed by atoms with Gasteiger partial charge in [-0.2, -0.15) is 0 Å². The Morgan fingerprint density at radius 3 is 2.75 bits per heavy atom. The van der Waals surface area contributed by atoms with Gasteiger partial charge in [-0.3, -0.25) is 9.69 Å². The van der Waals surface area contributed by atoms with Crippen LogP contribution in [0.3, 0.4) is 0 Å². The molecule has 1 amide bonds. The molecule has 1 saturated heterocycles. The van der Waals surface area contributed by atoms with E-state index in [1.54, 1.807) is 0 Å². The van der Waals surface area contributed by atoms with E-state index in [0.29, 0.717) is 16.6 Å². The van der Waals surface area contributed by atoms with Gasteiger partial charge in [0.05, 0.1) is 22.2 Å². The van der Waals surface area contributed by atoms with E-state index < -0.39 is 10.0 Å². The van der Waals surface area contributed by atoms with Crippen molar-refractivity contribution in [3.8, 4) is 0 Å². The third kappa shape index (κ3) is 4.69. The van der Waals surface area contributed by atoms with Crippen LogP contribution in [-0.2, 0) is 14.8 Å². The number of carbonyl (C=O) groups is 1. The summed E-state index contributed by atoms with van der Waals surface area (Å²) in [6, 6.07) is 4.31. The maximum absolute atomic E-state index is 12.3. The molecule has 0 radical (unpaired) electrons. The average Bonchev–Trinajstić information content (AvgIpc) is 2.49. The summed E-state index contributed by atoms with van der Waals surface area (Å²) in [4.78, 5) is 14.5. The number of hydrogen-bond acceptors (Lipinski definition) is 4. The van der Waals surface area contributed by atoms with Crippen molar-refractivity contribution in [1.29, 1.82) is 0 Å². The Labute approximate surface area is 148 Å². The molecule has 1 unspecified atom stereocenters. The lowest BCUT2D eigenvalue weighted by atomic mass is 10.0. The SMILES string of the molecule is CC1CCCN(CC(=O)Nc2cc(S(=O)(=O)N(C)C)ccc2Cl)C1. The normalized spacial score (nSPS) is 19.5. The zero-order chi connectivity index (χ0) is 17.9. The Bertz CT molecular complexity index is 707. The topological polar surface area (TPSA) is 69.7 Å². The molecule has 1 heterocycles. The minimum atomic E-state index is -3.57. The zero-order valence-corrected chi connectivity index (χ0v) is 15.8. The van der Waals surface area contributed by atoms with E-state index in [9.17, 15) is 13.2 Å². The predicted octanol–water partition coefficient (Wildman–Crippen LogP) is 2.26. The minimum absolute atomic E-state index is 0.0961. The Hall–Kier alpha value is -1.15. The number of nitrogens with zero attached hydrogens (tertiary/aromatic N) is 2. The molecule has 1 aromatic carbocycles. The van der Waals surface area contributed by atoms with E-state index in [-0.39, 0.29) is 17.3 Å². The van der Waals surface area contributed by atoms with Crippen molar-refractivity contribution in [3.63, 3.8) is 0 Å². The van der Waals surface area contributed by atoms with Gasteiger partial charge in [0.1, 0.15) is 0 Å². The smallest absolute Gasteiger partial charge is 0.242 e. The molecule has 2 rings (SSSR count). The maximum atomic E-state index is 12.3. The molecule has 134 valence electrons. The van der Waals surface area contributed by atoms with E-state index in [1.165, 1.54) is 38.7 Å². The van der Waals surface area contributed by atoms with Gasteiger partial charge < -0.3 is 5.32 Å². The number of halogens is 1. The lowest BCUT2D eigenvalue weighted by molar-refractivity contribution is -0.117. The molecule has 1 atom stereocenters. The number of rotatable bonds is 5. The molecule has 0 bridgehead atoms. The monoisotopic (exact) mass is 373 g/mol. The van der Waals surface area contributed by atoms with Crippen LogP contribution in [0.4, 0.5) is 5.69 Å². The van der Waals surface area contributed by atoms with Crippen molar-refractivity contribution < 1.29 is 13.2 Å². The summed E-state index contributed by atoms with van der Waals surface area (Å²) in [6.45, 7) is 4.26. The molecular formula is C16H24ClN3O3S. The van der Waals surface area contributed by atoms with Crippen LogP contribution in [0.25, 0.3) is 0 Å².